The lowest BCUT2D eigenvalue weighted by molar-refractivity contribution is 0.0428. The van der Waals surface area contributed by atoms with Crippen molar-refractivity contribution in [3.63, 3.8) is 0 Å². The van der Waals surface area contributed by atoms with Crippen LogP contribution in [0.1, 0.15) is 44.5 Å². The third-order valence-electron chi connectivity index (χ3n) is 7.04. The first kappa shape index (κ1) is 28.2. The number of amides is 2. The highest BCUT2D eigenvalue weighted by atomic mass is 19.3. The maximum absolute atomic E-state index is 15.4. The molecular weight excluding hydrogens is 544 g/mol. The Morgan fingerprint density at radius 2 is 1.88 bits per heavy atom. The molecule has 4 aromatic rings. The first-order valence-electron chi connectivity index (χ1n) is 13.0. The predicted molar refractivity (Wildman–Crippen MR) is 152 cm³/mol. The van der Waals surface area contributed by atoms with Crippen LogP contribution in [-0.2, 0) is 12.5 Å². The van der Waals surface area contributed by atoms with Crippen molar-refractivity contribution in [1.82, 2.24) is 14.8 Å². The van der Waals surface area contributed by atoms with Crippen molar-refractivity contribution in [3.05, 3.63) is 94.9 Å². The zero-order chi connectivity index (χ0) is 30.2. The van der Waals surface area contributed by atoms with Crippen molar-refractivity contribution >= 4 is 29.0 Å². The Kier molecular flexibility index (Phi) is 7.34. The molecule has 42 heavy (non-hydrogen) atoms. The summed E-state index contributed by atoms with van der Waals surface area (Å²) >= 11 is 0. The summed E-state index contributed by atoms with van der Waals surface area (Å²) in [6.45, 7) is 2.14. The average molecular weight is 572 g/mol. The van der Waals surface area contributed by atoms with Crippen molar-refractivity contribution in [3.8, 4) is 11.8 Å². The number of carbonyl (C=O) groups is 2. The third kappa shape index (κ3) is 5.01. The van der Waals surface area contributed by atoms with Gasteiger partial charge in [0.05, 0.1) is 37.1 Å². The van der Waals surface area contributed by atoms with E-state index in [9.17, 15) is 14.9 Å². The molecule has 2 aromatic heterocycles. The number of nitrogens with zero attached hydrogens (tertiary/aromatic N) is 6. The van der Waals surface area contributed by atoms with E-state index in [0.717, 1.165) is 0 Å². The Hall–Kier alpha value is -5.31. The normalized spacial score (nSPS) is 14.6. The van der Waals surface area contributed by atoms with E-state index >= 15 is 8.78 Å². The Bertz CT molecular complexity index is 1710. The van der Waals surface area contributed by atoms with E-state index in [1.165, 1.54) is 83.7 Å². The van der Waals surface area contributed by atoms with E-state index < -0.39 is 17.7 Å². The second kappa shape index (κ2) is 10.9. The third-order valence-corrected chi connectivity index (χ3v) is 7.04. The largest absolute Gasteiger partial charge is 0.495 e. The molecule has 5 rings (SSSR count). The maximum atomic E-state index is 15.4. The summed E-state index contributed by atoms with van der Waals surface area (Å²) in [7, 11) is 4.87. The monoisotopic (exact) mass is 571 g/mol. The Balaban J connectivity index is 1.40. The molecule has 3 heterocycles. The number of pyridine rings is 1. The lowest BCUT2D eigenvalue weighted by atomic mass is 10.00. The van der Waals surface area contributed by atoms with Gasteiger partial charge in [0.2, 0.25) is 0 Å². The molecule has 1 N–H and O–H groups in total. The molecule has 0 saturated heterocycles. The van der Waals surface area contributed by atoms with Crippen molar-refractivity contribution < 1.29 is 23.1 Å². The predicted octanol–water partition coefficient (Wildman–Crippen LogP) is 4.67. The molecule has 1 aliphatic heterocycles. The van der Waals surface area contributed by atoms with Crippen LogP contribution in [0.5, 0.6) is 5.75 Å². The first-order valence-corrected chi connectivity index (χ1v) is 13.0. The van der Waals surface area contributed by atoms with Crippen molar-refractivity contribution in [1.29, 1.82) is 5.26 Å². The van der Waals surface area contributed by atoms with Crippen LogP contribution in [0.2, 0.25) is 0 Å². The lowest BCUT2D eigenvalue weighted by Gasteiger charge is -2.34. The van der Waals surface area contributed by atoms with E-state index in [-0.39, 0.29) is 39.7 Å². The zero-order valence-corrected chi connectivity index (χ0v) is 23.3. The van der Waals surface area contributed by atoms with Crippen LogP contribution >= 0.6 is 0 Å². The number of carbonyl (C=O) groups excluding carboxylic acids is 2. The molecule has 1 unspecified atom stereocenters. The SMILES string of the molecule is COc1ccc(C(=O)Nc2cnn3c2C(=O)N(c2ccc(C(F)(F)c4ccnc(N(C)C)c4)cc2)C(C)C3)cc1C#N. The standard InChI is InChI=1S/C30H27F2N7O3/c1-18-17-38-27(24(16-35-38)36-28(40)19-5-10-25(42-4)20(13-19)15-33)29(41)39(18)23-8-6-21(7-9-23)30(31,32)22-11-12-34-26(14-22)37(2)3/h5-14,16,18H,17H2,1-4H3,(H,36,40). The lowest BCUT2D eigenvalue weighted by Crippen LogP contribution is -2.47. The van der Waals surface area contributed by atoms with Crippen LogP contribution in [0.4, 0.5) is 26.0 Å². The second-order valence-electron chi connectivity index (χ2n) is 10.0. The van der Waals surface area contributed by atoms with E-state index in [1.807, 2.05) is 13.0 Å². The van der Waals surface area contributed by atoms with Crippen molar-refractivity contribution in [2.75, 3.05) is 36.3 Å². The van der Waals surface area contributed by atoms with E-state index in [0.29, 0.717) is 23.8 Å². The van der Waals surface area contributed by atoms with Gasteiger partial charge in [0.1, 0.15) is 23.3 Å². The van der Waals surface area contributed by atoms with Gasteiger partial charge in [-0.15, -0.1) is 0 Å². The Morgan fingerprint density at radius 3 is 2.55 bits per heavy atom. The fraction of sp³-hybridized carbons (Fsp3) is 0.233. The number of anilines is 3. The number of methoxy groups -OCH3 is 1. The number of rotatable bonds is 7. The molecule has 0 saturated carbocycles. The topological polar surface area (TPSA) is 116 Å². The molecule has 2 amide bonds. The van der Waals surface area contributed by atoms with Crippen LogP contribution in [0.3, 0.4) is 0 Å². The van der Waals surface area contributed by atoms with Gasteiger partial charge in [-0.3, -0.25) is 14.3 Å². The van der Waals surface area contributed by atoms with Gasteiger partial charge in [0.25, 0.3) is 17.7 Å². The molecule has 1 atom stereocenters. The van der Waals surface area contributed by atoms with Gasteiger partial charge in [-0.25, -0.2) is 4.98 Å². The summed E-state index contributed by atoms with van der Waals surface area (Å²) in [6.07, 6.45) is 2.73. The first-order chi connectivity index (χ1) is 20.0. The van der Waals surface area contributed by atoms with E-state index in [2.05, 4.69) is 15.4 Å². The molecule has 0 aliphatic carbocycles. The molecule has 214 valence electrons. The number of aromatic nitrogens is 3. The molecule has 2 aromatic carbocycles. The molecule has 1 aliphatic rings. The second-order valence-corrected chi connectivity index (χ2v) is 10.0. The molecule has 0 bridgehead atoms. The summed E-state index contributed by atoms with van der Waals surface area (Å²) < 4.78 is 37.5. The summed E-state index contributed by atoms with van der Waals surface area (Å²) in [4.78, 5) is 33.9. The molecule has 10 nitrogen and oxygen atoms in total. The molecular formula is C30H27F2N7O3. The van der Waals surface area contributed by atoms with Gasteiger partial charge in [-0.2, -0.15) is 19.1 Å². The zero-order valence-electron chi connectivity index (χ0n) is 23.3. The quantitative estimate of drug-likeness (QED) is 0.343. The smallest absolute Gasteiger partial charge is 0.298 e. The van der Waals surface area contributed by atoms with Crippen LogP contribution in [0, 0.1) is 11.3 Å². The summed E-state index contributed by atoms with van der Waals surface area (Å²) in [6, 6.07) is 14.2. The number of hydrogen-bond donors (Lipinski definition) is 1. The fourth-order valence-corrected chi connectivity index (χ4v) is 4.85. The molecule has 0 radical (unpaired) electrons. The van der Waals surface area contributed by atoms with Crippen LogP contribution in [-0.4, -0.2) is 53.8 Å². The number of nitrogens with one attached hydrogen (secondary N) is 1. The molecule has 0 spiro atoms. The van der Waals surface area contributed by atoms with Crippen molar-refractivity contribution in [2.45, 2.75) is 25.4 Å². The van der Waals surface area contributed by atoms with Gasteiger partial charge < -0.3 is 19.9 Å². The molecule has 0 fully saturated rings. The summed E-state index contributed by atoms with van der Waals surface area (Å²) in [5.41, 5.74) is 0.729. The number of benzene rings is 2. The number of ether oxygens (including phenoxy) is 1. The highest BCUT2D eigenvalue weighted by Gasteiger charge is 2.37. The number of fused-ring (bicyclic) bond motifs is 1. The van der Waals surface area contributed by atoms with Gasteiger partial charge in [0, 0.05) is 42.7 Å². The number of nitriles is 1. The van der Waals surface area contributed by atoms with E-state index in [1.54, 1.807) is 19.0 Å². The fourth-order valence-electron chi connectivity index (χ4n) is 4.85. The van der Waals surface area contributed by atoms with Crippen LogP contribution in [0.25, 0.3) is 0 Å². The summed E-state index contributed by atoms with van der Waals surface area (Å²) in [5, 5.41) is 16.3. The van der Waals surface area contributed by atoms with Crippen LogP contribution < -0.4 is 19.9 Å². The highest BCUT2D eigenvalue weighted by molar-refractivity contribution is 6.13. The van der Waals surface area contributed by atoms with Crippen LogP contribution in [0.15, 0.2) is 67.0 Å². The minimum atomic E-state index is -3.29. The average Bonchev–Trinajstić information content (AvgIpc) is 3.39. The summed E-state index contributed by atoms with van der Waals surface area (Å²) in [5.74, 6) is -3.53. The van der Waals surface area contributed by atoms with Gasteiger partial charge in [-0.05, 0) is 49.4 Å². The van der Waals surface area contributed by atoms with Gasteiger partial charge in [0.15, 0.2) is 0 Å². The van der Waals surface area contributed by atoms with Gasteiger partial charge >= 0.3 is 0 Å². The highest BCUT2D eigenvalue weighted by Crippen LogP contribution is 2.38. The minimum absolute atomic E-state index is 0.151. The van der Waals surface area contributed by atoms with Gasteiger partial charge in [-0.1, -0.05) is 12.1 Å². The van der Waals surface area contributed by atoms with Crippen molar-refractivity contribution in [2.24, 2.45) is 0 Å². The number of alkyl halides is 2. The number of hydrogen-bond acceptors (Lipinski definition) is 7. The van der Waals surface area contributed by atoms with E-state index in [4.69, 9.17) is 4.74 Å². The minimum Gasteiger partial charge on any atom is -0.495 e. The molecule has 12 heteroatoms. The number of halogens is 2. The Labute approximate surface area is 240 Å². The maximum Gasteiger partial charge on any atom is 0.298 e. The Morgan fingerprint density at radius 1 is 1.14 bits per heavy atom.